The number of nitriles is 1. The van der Waals surface area contributed by atoms with Crippen molar-refractivity contribution in [3.8, 4) is 6.07 Å². The van der Waals surface area contributed by atoms with E-state index in [0.717, 1.165) is 25.7 Å². The van der Waals surface area contributed by atoms with E-state index in [1.165, 1.54) is 12.8 Å². The van der Waals surface area contributed by atoms with E-state index in [9.17, 15) is 4.79 Å². The molecule has 1 unspecified atom stereocenters. The van der Waals surface area contributed by atoms with Gasteiger partial charge in [-0.05, 0) is 25.7 Å². The van der Waals surface area contributed by atoms with Gasteiger partial charge in [-0.15, -0.1) is 0 Å². The highest BCUT2D eigenvalue weighted by molar-refractivity contribution is 5.75. The van der Waals surface area contributed by atoms with Crippen molar-refractivity contribution in [2.75, 3.05) is 6.61 Å². The average molecular weight is 209 g/mol. The maximum absolute atomic E-state index is 11.5. The van der Waals surface area contributed by atoms with Crippen molar-refractivity contribution in [3.63, 3.8) is 0 Å². The molecule has 0 aromatic carbocycles. The van der Waals surface area contributed by atoms with Crippen molar-refractivity contribution >= 4 is 5.97 Å². The number of esters is 1. The van der Waals surface area contributed by atoms with Crippen molar-refractivity contribution in [2.24, 2.45) is 11.8 Å². The lowest BCUT2D eigenvalue weighted by Gasteiger charge is -2.18. The molecule has 3 heteroatoms. The smallest absolute Gasteiger partial charge is 0.323 e. The van der Waals surface area contributed by atoms with Gasteiger partial charge in [0.15, 0.2) is 0 Å². The topological polar surface area (TPSA) is 50.1 Å². The Balaban J connectivity index is 2.56. The van der Waals surface area contributed by atoms with Crippen molar-refractivity contribution in [1.29, 1.82) is 5.26 Å². The fraction of sp³-hybridized carbons (Fsp3) is 0.833. The van der Waals surface area contributed by atoms with Gasteiger partial charge < -0.3 is 4.74 Å². The molecule has 0 N–H and O–H groups in total. The zero-order chi connectivity index (χ0) is 11.1. The molecule has 0 aromatic heterocycles. The SMILES string of the molecule is CCOC(=O)C(C#N)C1CCCCCC1. The molecule has 0 heterocycles. The molecule has 0 bridgehead atoms. The maximum atomic E-state index is 11.5. The van der Waals surface area contributed by atoms with Crippen LogP contribution in [0.1, 0.15) is 45.4 Å². The number of carbonyl (C=O) groups excluding carboxylic acids is 1. The third-order valence-electron chi connectivity index (χ3n) is 3.05. The summed E-state index contributed by atoms with van der Waals surface area (Å²) in [7, 11) is 0. The molecule has 0 aromatic rings. The van der Waals surface area contributed by atoms with E-state index in [1.54, 1.807) is 6.92 Å². The molecule has 0 radical (unpaired) electrons. The molecule has 0 spiro atoms. The van der Waals surface area contributed by atoms with Crippen LogP contribution in [0.15, 0.2) is 0 Å². The van der Waals surface area contributed by atoms with Crippen LogP contribution in [0.25, 0.3) is 0 Å². The monoisotopic (exact) mass is 209 g/mol. The van der Waals surface area contributed by atoms with Crippen LogP contribution in [0.3, 0.4) is 0 Å². The Labute approximate surface area is 91.4 Å². The van der Waals surface area contributed by atoms with Gasteiger partial charge in [0, 0.05) is 0 Å². The maximum Gasteiger partial charge on any atom is 0.323 e. The van der Waals surface area contributed by atoms with E-state index in [0.29, 0.717) is 6.61 Å². The summed E-state index contributed by atoms with van der Waals surface area (Å²) in [5, 5.41) is 9.02. The first-order valence-corrected chi connectivity index (χ1v) is 5.85. The van der Waals surface area contributed by atoms with E-state index in [1.807, 2.05) is 0 Å². The molecule has 0 aliphatic heterocycles. The van der Waals surface area contributed by atoms with Gasteiger partial charge in [-0.3, -0.25) is 4.79 Å². The number of ether oxygens (including phenoxy) is 1. The highest BCUT2D eigenvalue weighted by atomic mass is 16.5. The Hall–Kier alpha value is -1.04. The van der Waals surface area contributed by atoms with Gasteiger partial charge in [-0.2, -0.15) is 5.26 Å². The molecule has 3 nitrogen and oxygen atoms in total. The minimum absolute atomic E-state index is 0.219. The van der Waals surface area contributed by atoms with Crippen molar-refractivity contribution in [1.82, 2.24) is 0 Å². The lowest BCUT2D eigenvalue weighted by Crippen LogP contribution is -2.24. The molecular formula is C12H19NO2. The zero-order valence-electron chi connectivity index (χ0n) is 9.37. The van der Waals surface area contributed by atoms with Gasteiger partial charge in [0.1, 0.15) is 5.92 Å². The van der Waals surface area contributed by atoms with Crippen molar-refractivity contribution < 1.29 is 9.53 Å². The second-order valence-corrected chi connectivity index (χ2v) is 4.11. The summed E-state index contributed by atoms with van der Waals surface area (Å²) in [4.78, 5) is 11.5. The molecule has 1 aliphatic carbocycles. The minimum Gasteiger partial charge on any atom is -0.465 e. The van der Waals surface area contributed by atoms with E-state index in [4.69, 9.17) is 10.00 Å². The third-order valence-corrected chi connectivity index (χ3v) is 3.05. The number of hydrogen-bond acceptors (Lipinski definition) is 3. The number of rotatable bonds is 3. The highest BCUT2D eigenvalue weighted by Gasteiger charge is 2.29. The van der Waals surface area contributed by atoms with Gasteiger partial charge in [-0.1, -0.05) is 25.7 Å². The van der Waals surface area contributed by atoms with Crippen LogP contribution in [0.4, 0.5) is 0 Å². The Kier molecular flexibility index (Phi) is 5.17. The van der Waals surface area contributed by atoms with Gasteiger partial charge in [0.05, 0.1) is 12.7 Å². The molecular weight excluding hydrogens is 190 g/mol. The number of nitrogens with zero attached hydrogens (tertiary/aromatic N) is 1. The lowest BCUT2D eigenvalue weighted by molar-refractivity contribution is -0.147. The fourth-order valence-electron chi connectivity index (χ4n) is 2.23. The molecule has 0 amide bonds. The normalized spacial score (nSPS) is 20.0. The molecule has 1 rings (SSSR count). The second-order valence-electron chi connectivity index (χ2n) is 4.11. The molecule has 84 valence electrons. The van der Waals surface area contributed by atoms with Gasteiger partial charge in [0.2, 0.25) is 0 Å². The molecule has 1 aliphatic rings. The quantitative estimate of drug-likeness (QED) is 0.530. The van der Waals surface area contributed by atoms with Crippen LogP contribution in [-0.4, -0.2) is 12.6 Å². The van der Waals surface area contributed by atoms with E-state index >= 15 is 0 Å². The molecule has 1 saturated carbocycles. The lowest BCUT2D eigenvalue weighted by atomic mass is 9.87. The first-order chi connectivity index (χ1) is 7.29. The predicted octanol–water partition coefficient (Wildman–Crippen LogP) is 2.66. The average Bonchev–Trinajstić information content (AvgIpc) is 2.48. The first-order valence-electron chi connectivity index (χ1n) is 5.85. The molecule has 1 fully saturated rings. The summed E-state index contributed by atoms with van der Waals surface area (Å²) >= 11 is 0. The summed E-state index contributed by atoms with van der Waals surface area (Å²) in [6.45, 7) is 2.14. The van der Waals surface area contributed by atoms with Crippen LogP contribution in [0.5, 0.6) is 0 Å². The number of carbonyl (C=O) groups is 1. The summed E-state index contributed by atoms with van der Waals surface area (Å²) in [6, 6.07) is 2.11. The number of hydrogen-bond donors (Lipinski definition) is 0. The zero-order valence-corrected chi connectivity index (χ0v) is 9.37. The summed E-state index contributed by atoms with van der Waals surface area (Å²) in [5.74, 6) is -0.647. The Morgan fingerprint density at radius 3 is 2.47 bits per heavy atom. The summed E-state index contributed by atoms with van der Waals surface area (Å²) < 4.78 is 4.93. The van der Waals surface area contributed by atoms with E-state index < -0.39 is 5.92 Å². The molecule has 15 heavy (non-hydrogen) atoms. The van der Waals surface area contributed by atoms with Crippen LogP contribution in [0.2, 0.25) is 0 Å². The van der Waals surface area contributed by atoms with Gasteiger partial charge in [-0.25, -0.2) is 0 Å². The van der Waals surface area contributed by atoms with Crippen LogP contribution in [0, 0.1) is 23.2 Å². The van der Waals surface area contributed by atoms with Crippen molar-refractivity contribution in [2.45, 2.75) is 45.4 Å². The minimum atomic E-state index is -0.539. The second kappa shape index (κ2) is 6.44. The summed E-state index contributed by atoms with van der Waals surface area (Å²) in [5.41, 5.74) is 0. The fourth-order valence-corrected chi connectivity index (χ4v) is 2.23. The highest BCUT2D eigenvalue weighted by Crippen LogP contribution is 2.29. The van der Waals surface area contributed by atoms with Gasteiger partial charge >= 0.3 is 5.97 Å². The molecule has 1 atom stereocenters. The van der Waals surface area contributed by atoms with Crippen LogP contribution in [-0.2, 0) is 9.53 Å². The van der Waals surface area contributed by atoms with Gasteiger partial charge in [0.25, 0.3) is 0 Å². The van der Waals surface area contributed by atoms with Crippen LogP contribution >= 0.6 is 0 Å². The van der Waals surface area contributed by atoms with Crippen LogP contribution < -0.4 is 0 Å². The molecule has 0 saturated heterocycles. The summed E-state index contributed by atoms with van der Waals surface area (Å²) in [6.07, 6.45) is 6.74. The Morgan fingerprint density at radius 1 is 1.40 bits per heavy atom. The Bertz CT molecular complexity index is 236. The standard InChI is InChI=1S/C12H19NO2/c1-2-15-12(14)11(9-13)10-7-5-3-4-6-8-10/h10-11H,2-8H2,1H3. The van der Waals surface area contributed by atoms with E-state index in [2.05, 4.69) is 6.07 Å². The largest absolute Gasteiger partial charge is 0.465 e. The first kappa shape index (κ1) is 12.0. The third kappa shape index (κ3) is 3.54. The predicted molar refractivity (Wildman–Crippen MR) is 56.9 cm³/mol. The van der Waals surface area contributed by atoms with Crippen molar-refractivity contribution in [3.05, 3.63) is 0 Å². The Morgan fingerprint density at radius 2 is 2.00 bits per heavy atom. The van der Waals surface area contributed by atoms with E-state index in [-0.39, 0.29) is 11.9 Å².